The summed E-state index contributed by atoms with van der Waals surface area (Å²) >= 11 is 0. The molecule has 0 fully saturated rings. The van der Waals surface area contributed by atoms with E-state index in [0.29, 0.717) is 0 Å². The van der Waals surface area contributed by atoms with Gasteiger partial charge < -0.3 is 37.1 Å². The van der Waals surface area contributed by atoms with E-state index in [4.69, 9.17) is 0 Å². The molecule has 0 radical (unpaired) electrons. The second kappa shape index (κ2) is 42.1. The van der Waals surface area contributed by atoms with Crippen LogP contribution in [0.5, 0.6) is 0 Å². The van der Waals surface area contributed by atoms with Crippen molar-refractivity contribution in [1.82, 2.24) is 12.3 Å². The number of hydrogen-bond acceptors (Lipinski definition) is 2. The predicted octanol–water partition coefficient (Wildman–Crippen LogP) is -6.05. The zero-order valence-corrected chi connectivity index (χ0v) is 6.60. The second-order valence-corrected chi connectivity index (χ2v) is 0. The first-order valence-electron chi connectivity index (χ1n) is 0. The summed E-state index contributed by atoms with van der Waals surface area (Å²) in [5, 5.41) is 0. The monoisotopic (exact) mass is 144 g/mol. The summed E-state index contributed by atoms with van der Waals surface area (Å²) < 4.78 is 0. The van der Waals surface area contributed by atoms with Crippen molar-refractivity contribution in [2.75, 3.05) is 0 Å². The fourth-order valence-electron chi connectivity index (χ4n) is 0. The van der Waals surface area contributed by atoms with Crippen LogP contribution in [0.3, 0.4) is 0 Å². The Kier molecular flexibility index (Phi) is 610. The molecule has 0 unspecified atom stereocenters. The fourth-order valence-corrected chi connectivity index (χ4v) is 0. The van der Waals surface area contributed by atoms with Crippen LogP contribution < -0.4 is 37.1 Å². The molecule has 0 bridgehead atoms. The van der Waals surface area contributed by atoms with Crippen molar-refractivity contribution >= 4 is 37.7 Å². The van der Waals surface area contributed by atoms with Crippen LogP contribution >= 0.6 is 0 Å². The minimum absolute atomic E-state index is 0. The van der Waals surface area contributed by atoms with E-state index in [9.17, 15) is 0 Å². The number of halogens is 2. The first-order valence-corrected chi connectivity index (χ1v) is 0. The van der Waals surface area contributed by atoms with Gasteiger partial charge in [0.05, 0.1) is 0 Å². The Hall–Kier alpha value is 1.76. The minimum atomic E-state index is 0. The maximum Gasteiger partial charge on any atom is 2.00 e. The average Bonchev–Trinajstić information content (AvgIpc) is 0. The van der Waals surface area contributed by atoms with Crippen molar-refractivity contribution < 1.29 is 24.8 Å². The van der Waals surface area contributed by atoms with Crippen molar-refractivity contribution in [3.05, 3.63) is 0 Å². The molecule has 0 aromatic carbocycles. The third-order valence-electron chi connectivity index (χ3n) is 0. The summed E-state index contributed by atoms with van der Waals surface area (Å²) in [6.07, 6.45) is 0. The molecule has 0 aromatic rings. The first kappa shape index (κ1) is 72.4. The summed E-state index contributed by atoms with van der Waals surface area (Å²) in [4.78, 5) is 0. The van der Waals surface area contributed by atoms with Gasteiger partial charge in [0.1, 0.15) is 0 Å². The standard InChI is InChI=1S/Ca.2ClH.2H3N/h;2*1H;2*1H3/q+2;;;;/p-2. The van der Waals surface area contributed by atoms with Gasteiger partial charge in [0.15, 0.2) is 0 Å². The van der Waals surface area contributed by atoms with E-state index in [1.54, 1.807) is 0 Å². The Morgan fingerprint density at radius 2 is 0.600 bits per heavy atom. The van der Waals surface area contributed by atoms with Gasteiger partial charge in [-0.1, -0.05) is 0 Å². The van der Waals surface area contributed by atoms with Crippen LogP contribution in [-0.4, -0.2) is 37.7 Å². The molecule has 0 heterocycles. The Balaban J connectivity index is 0. The van der Waals surface area contributed by atoms with Gasteiger partial charge >= 0.3 is 37.7 Å². The number of rotatable bonds is 0. The molecule has 0 aromatic heterocycles. The predicted molar refractivity (Wildman–Crippen MR) is 15.8 cm³/mol. The van der Waals surface area contributed by atoms with Gasteiger partial charge in [-0.3, -0.25) is 0 Å². The van der Waals surface area contributed by atoms with Crippen molar-refractivity contribution in [2.45, 2.75) is 0 Å². The van der Waals surface area contributed by atoms with Crippen LogP contribution in [0.4, 0.5) is 0 Å². The Morgan fingerprint density at radius 1 is 0.600 bits per heavy atom. The van der Waals surface area contributed by atoms with Crippen LogP contribution in [0, 0.1) is 0 Å². The van der Waals surface area contributed by atoms with E-state index in [-0.39, 0.29) is 74.9 Å². The zero-order chi connectivity index (χ0) is 0. The van der Waals surface area contributed by atoms with Crippen molar-refractivity contribution in [1.29, 1.82) is 0 Å². The Morgan fingerprint density at radius 3 is 0.600 bits per heavy atom. The summed E-state index contributed by atoms with van der Waals surface area (Å²) in [6, 6.07) is 0. The smallest absolute Gasteiger partial charge is 1.00 e. The van der Waals surface area contributed by atoms with Crippen molar-refractivity contribution in [2.24, 2.45) is 0 Å². The molecule has 0 spiro atoms. The zero-order valence-electron chi connectivity index (χ0n) is 2.88. The third-order valence-corrected chi connectivity index (χ3v) is 0. The summed E-state index contributed by atoms with van der Waals surface area (Å²) in [5.74, 6) is 0. The topological polar surface area (TPSA) is 70.0 Å². The SMILES string of the molecule is N.N.[Ca+2].[Cl-].[Cl-]. The molecule has 0 atom stereocenters. The van der Waals surface area contributed by atoms with E-state index in [1.165, 1.54) is 0 Å². The van der Waals surface area contributed by atoms with Crippen LogP contribution in [0.25, 0.3) is 0 Å². The molecule has 0 saturated heterocycles. The fraction of sp³-hybridized carbons (Fsp3) is 0. The quantitative estimate of drug-likeness (QED) is 0.333. The van der Waals surface area contributed by atoms with Gasteiger partial charge in [0.25, 0.3) is 0 Å². The summed E-state index contributed by atoms with van der Waals surface area (Å²) in [7, 11) is 0. The maximum absolute atomic E-state index is 0. The molecular weight excluding hydrogens is 139 g/mol. The van der Waals surface area contributed by atoms with E-state index in [0.717, 1.165) is 0 Å². The molecule has 0 saturated carbocycles. The van der Waals surface area contributed by atoms with Gasteiger partial charge in [0.2, 0.25) is 0 Å². The Labute approximate surface area is 74.1 Å². The van der Waals surface area contributed by atoms with Crippen molar-refractivity contribution in [3.8, 4) is 0 Å². The van der Waals surface area contributed by atoms with Gasteiger partial charge in [0, 0.05) is 0 Å². The third kappa shape index (κ3) is 26.3. The summed E-state index contributed by atoms with van der Waals surface area (Å²) in [6.45, 7) is 0. The van der Waals surface area contributed by atoms with Crippen LogP contribution in [-0.2, 0) is 0 Å². The van der Waals surface area contributed by atoms with Crippen molar-refractivity contribution in [3.63, 3.8) is 0 Å². The molecular formula is H6CaCl2N2. The largest absolute Gasteiger partial charge is 2.00 e. The van der Waals surface area contributed by atoms with E-state index in [1.807, 2.05) is 0 Å². The van der Waals surface area contributed by atoms with Gasteiger partial charge in [-0.05, 0) is 0 Å². The van der Waals surface area contributed by atoms with Crippen LogP contribution in [0.2, 0.25) is 0 Å². The normalized spacial score (nSPS) is 0. The summed E-state index contributed by atoms with van der Waals surface area (Å²) in [5.41, 5.74) is 0. The second-order valence-electron chi connectivity index (χ2n) is 0. The first-order chi connectivity index (χ1) is 0. The molecule has 0 rings (SSSR count). The molecule has 5 heteroatoms. The van der Waals surface area contributed by atoms with Gasteiger partial charge in [-0.2, -0.15) is 0 Å². The van der Waals surface area contributed by atoms with E-state index < -0.39 is 0 Å². The van der Waals surface area contributed by atoms with E-state index in [2.05, 4.69) is 0 Å². The van der Waals surface area contributed by atoms with Gasteiger partial charge in [-0.15, -0.1) is 0 Å². The molecule has 0 aliphatic heterocycles. The molecule has 0 aliphatic carbocycles. The number of hydrogen-bond donors (Lipinski definition) is 2. The molecule has 5 heavy (non-hydrogen) atoms. The Bertz CT molecular complexity index is 7.61. The average molecular weight is 145 g/mol. The maximum atomic E-state index is 0. The van der Waals surface area contributed by atoms with Crippen LogP contribution in [0.15, 0.2) is 0 Å². The molecule has 2 nitrogen and oxygen atoms in total. The molecule has 0 amide bonds. The minimum Gasteiger partial charge on any atom is -1.00 e. The molecule has 32 valence electrons. The van der Waals surface area contributed by atoms with Crippen LogP contribution in [0.1, 0.15) is 0 Å². The van der Waals surface area contributed by atoms with E-state index >= 15 is 0 Å². The molecule has 0 aliphatic rings. The van der Waals surface area contributed by atoms with Gasteiger partial charge in [-0.25, -0.2) is 0 Å². The molecule has 6 N–H and O–H groups in total.